The normalized spacial score (nSPS) is 10.8. The summed E-state index contributed by atoms with van der Waals surface area (Å²) in [4.78, 5) is 10.7. The standard InChI is InChI=1S/C15H11ClN2O2/c16-13-6-3-5-11-8-9-17(15(11)13)10-12-4-1-2-7-14(12)18(19)20/h1-9H,10H2. The van der Waals surface area contributed by atoms with E-state index in [0.29, 0.717) is 17.1 Å². The average molecular weight is 287 g/mol. The van der Waals surface area contributed by atoms with E-state index in [1.165, 1.54) is 6.07 Å². The van der Waals surface area contributed by atoms with Crippen molar-refractivity contribution >= 4 is 28.2 Å². The first-order chi connectivity index (χ1) is 9.66. The summed E-state index contributed by atoms with van der Waals surface area (Å²) in [7, 11) is 0. The van der Waals surface area contributed by atoms with Gasteiger partial charge in [-0.15, -0.1) is 0 Å². The Hall–Kier alpha value is -2.33. The van der Waals surface area contributed by atoms with E-state index in [1.54, 1.807) is 18.2 Å². The number of hydrogen-bond donors (Lipinski definition) is 0. The Kier molecular flexibility index (Phi) is 3.16. The first kappa shape index (κ1) is 12.7. The molecule has 1 aromatic heterocycles. The van der Waals surface area contributed by atoms with Crippen molar-refractivity contribution in [2.75, 3.05) is 0 Å². The minimum Gasteiger partial charge on any atom is -0.342 e. The molecule has 3 aromatic rings. The summed E-state index contributed by atoms with van der Waals surface area (Å²) in [5.41, 5.74) is 1.68. The topological polar surface area (TPSA) is 48.1 Å². The molecule has 0 saturated carbocycles. The Morgan fingerprint density at radius 1 is 1.10 bits per heavy atom. The summed E-state index contributed by atoms with van der Waals surface area (Å²) in [5.74, 6) is 0. The van der Waals surface area contributed by atoms with Crippen LogP contribution in [0.4, 0.5) is 5.69 Å². The Morgan fingerprint density at radius 2 is 1.90 bits per heavy atom. The van der Waals surface area contributed by atoms with E-state index in [2.05, 4.69) is 0 Å². The summed E-state index contributed by atoms with van der Waals surface area (Å²) in [6.45, 7) is 0.421. The van der Waals surface area contributed by atoms with Gasteiger partial charge in [0.25, 0.3) is 5.69 Å². The number of nitro benzene ring substituents is 1. The molecule has 0 bridgehead atoms. The number of para-hydroxylation sites is 2. The van der Waals surface area contributed by atoms with Gasteiger partial charge in [0.05, 0.1) is 22.0 Å². The van der Waals surface area contributed by atoms with E-state index < -0.39 is 0 Å². The number of rotatable bonds is 3. The fourth-order valence-electron chi connectivity index (χ4n) is 2.35. The minimum atomic E-state index is -0.359. The van der Waals surface area contributed by atoms with Crippen molar-refractivity contribution in [2.45, 2.75) is 6.54 Å². The first-order valence-electron chi connectivity index (χ1n) is 6.12. The fourth-order valence-corrected chi connectivity index (χ4v) is 2.64. The molecule has 0 aliphatic rings. The predicted octanol–water partition coefficient (Wildman–Crippen LogP) is 4.25. The maximum atomic E-state index is 11.1. The fraction of sp³-hybridized carbons (Fsp3) is 0.0667. The Balaban J connectivity index is 2.09. The van der Waals surface area contributed by atoms with Crippen LogP contribution in [-0.4, -0.2) is 9.49 Å². The Labute approximate surface area is 120 Å². The van der Waals surface area contributed by atoms with Gasteiger partial charge < -0.3 is 4.57 Å². The van der Waals surface area contributed by atoms with Crippen LogP contribution in [0.3, 0.4) is 0 Å². The highest BCUT2D eigenvalue weighted by Gasteiger charge is 2.14. The molecule has 0 radical (unpaired) electrons. The SMILES string of the molecule is O=[N+]([O-])c1ccccc1Cn1ccc2cccc(Cl)c21. The van der Waals surface area contributed by atoms with Gasteiger partial charge in [-0.3, -0.25) is 10.1 Å². The molecule has 0 saturated heterocycles. The van der Waals surface area contributed by atoms with Gasteiger partial charge in [-0.25, -0.2) is 0 Å². The third kappa shape index (κ3) is 2.14. The zero-order chi connectivity index (χ0) is 14.1. The van der Waals surface area contributed by atoms with Crippen molar-refractivity contribution in [2.24, 2.45) is 0 Å². The van der Waals surface area contributed by atoms with Crippen LogP contribution in [0, 0.1) is 10.1 Å². The smallest absolute Gasteiger partial charge is 0.274 e. The van der Waals surface area contributed by atoms with E-state index in [0.717, 1.165) is 10.9 Å². The second-order valence-corrected chi connectivity index (χ2v) is 4.91. The van der Waals surface area contributed by atoms with Gasteiger partial charge >= 0.3 is 0 Å². The van der Waals surface area contributed by atoms with E-state index in [4.69, 9.17) is 11.6 Å². The van der Waals surface area contributed by atoms with Crippen molar-refractivity contribution in [3.05, 3.63) is 75.4 Å². The van der Waals surface area contributed by atoms with E-state index in [-0.39, 0.29) is 10.6 Å². The maximum Gasteiger partial charge on any atom is 0.274 e. The number of benzene rings is 2. The highest BCUT2D eigenvalue weighted by atomic mass is 35.5. The Morgan fingerprint density at radius 3 is 2.70 bits per heavy atom. The van der Waals surface area contributed by atoms with Crippen LogP contribution in [0.5, 0.6) is 0 Å². The van der Waals surface area contributed by atoms with Crippen LogP contribution >= 0.6 is 11.6 Å². The monoisotopic (exact) mass is 286 g/mol. The molecule has 5 heteroatoms. The summed E-state index contributed by atoms with van der Waals surface area (Å²) in [6, 6.07) is 14.4. The van der Waals surface area contributed by atoms with Crippen LogP contribution < -0.4 is 0 Å². The number of nitro groups is 1. The molecular formula is C15H11ClN2O2. The molecule has 3 rings (SSSR count). The number of halogens is 1. The van der Waals surface area contributed by atoms with Crippen molar-refractivity contribution in [3.63, 3.8) is 0 Å². The van der Waals surface area contributed by atoms with Crippen molar-refractivity contribution in [3.8, 4) is 0 Å². The lowest BCUT2D eigenvalue weighted by Crippen LogP contribution is -2.02. The molecule has 0 N–H and O–H groups in total. The van der Waals surface area contributed by atoms with Crippen molar-refractivity contribution in [1.82, 2.24) is 4.57 Å². The summed E-state index contributed by atoms with van der Waals surface area (Å²) in [5, 5.41) is 12.7. The zero-order valence-corrected chi connectivity index (χ0v) is 11.2. The van der Waals surface area contributed by atoms with Crippen LogP contribution in [0.25, 0.3) is 10.9 Å². The number of aromatic nitrogens is 1. The molecular weight excluding hydrogens is 276 g/mol. The van der Waals surface area contributed by atoms with Gasteiger partial charge in [0.2, 0.25) is 0 Å². The molecule has 0 aliphatic carbocycles. The summed E-state index contributed by atoms with van der Waals surface area (Å²) in [6.07, 6.45) is 1.90. The molecule has 100 valence electrons. The predicted molar refractivity (Wildman–Crippen MR) is 79.1 cm³/mol. The maximum absolute atomic E-state index is 11.1. The van der Waals surface area contributed by atoms with Crippen LogP contribution in [0.2, 0.25) is 5.02 Å². The molecule has 0 aliphatic heterocycles. The lowest BCUT2D eigenvalue weighted by molar-refractivity contribution is -0.385. The molecule has 4 nitrogen and oxygen atoms in total. The third-order valence-electron chi connectivity index (χ3n) is 3.27. The van der Waals surface area contributed by atoms with E-state index >= 15 is 0 Å². The number of fused-ring (bicyclic) bond motifs is 1. The second-order valence-electron chi connectivity index (χ2n) is 4.51. The second kappa shape index (κ2) is 4.98. The van der Waals surface area contributed by atoms with Crippen LogP contribution in [0.1, 0.15) is 5.56 Å². The zero-order valence-electron chi connectivity index (χ0n) is 10.5. The average Bonchev–Trinajstić information content (AvgIpc) is 2.84. The molecule has 20 heavy (non-hydrogen) atoms. The highest BCUT2D eigenvalue weighted by Crippen LogP contribution is 2.27. The lowest BCUT2D eigenvalue weighted by atomic mass is 10.2. The van der Waals surface area contributed by atoms with Gasteiger partial charge in [0.1, 0.15) is 0 Å². The number of nitrogens with zero attached hydrogens (tertiary/aromatic N) is 2. The van der Waals surface area contributed by atoms with Crippen molar-refractivity contribution < 1.29 is 4.92 Å². The van der Waals surface area contributed by atoms with Gasteiger partial charge in [-0.2, -0.15) is 0 Å². The summed E-state index contributed by atoms with van der Waals surface area (Å²) < 4.78 is 1.93. The van der Waals surface area contributed by atoms with Gasteiger partial charge in [-0.05, 0) is 12.1 Å². The quantitative estimate of drug-likeness (QED) is 0.534. The highest BCUT2D eigenvalue weighted by molar-refractivity contribution is 6.35. The van der Waals surface area contributed by atoms with Crippen LogP contribution in [0.15, 0.2) is 54.7 Å². The van der Waals surface area contributed by atoms with E-state index in [9.17, 15) is 10.1 Å². The molecule has 0 amide bonds. The van der Waals surface area contributed by atoms with Crippen molar-refractivity contribution in [1.29, 1.82) is 0 Å². The van der Waals surface area contributed by atoms with Gasteiger partial charge in [-0.1, -0.05) is 41.9 Å². The molecule has 0 spiro atoms. The summed E-state index contributed by atoms with van der Waals surface area (Å²) >= 11 is 6.22. The first-order valence-corrected chi connectivity index (χ1v) is 6.50. The Bertz CT molecular complexity index is 795. The van der Waals surface area contributed by atoms with Gasteiger partial charge in [0, 0.05) is 23.2 Å². The van der Waals surface area contributed by atoms with E-state index in [1.807, 2.05) is 35.0 Å². The molecule has 1 heterocycles. The van der Waals surface area contributed by atoms with Crippen LogP contribution in [-0.2, 0) is 6.54 Å². The molecule has 0 unspecified atom stereocenters. The molecule has 2 aromatic carbocycles. The minimum absolute atomic E-state index is 0.126. The molecule has 0 atom stereocenters. The lowest BCUT2D eigenvalue weighted by Gasteiger charge is -2.07. The largest absolute Gasteiger partial charge is 0.342 e. The number of hydrogen-bond acceptors (Lipinski definition) is 2. The van der Waals surface area contributed by atoms with Gasteiger partial charge in [0.15, 0.2) is 0 Å². The third-order valence-corrected chi connectivity index (χ3v) is 3.57. The molecule has 0 fully saturated rings.